The summed E-state index contributed by atoms with van der Waals surface area (Å²) in [5.41, 5.74) is 2.08. The van der Waals surface area contributed by atoms with Crippen molar-refractivity contribution in [3.8, 4) is 22.8 Å². The number of amides is 3. The molecule has 3 aromatic rings. The van der Waals surface area contributed by atoms with Crippen molar-refractivity contribution in [2.75, 3.05) is 31.5 Å². The minimum atomic E-state index is -0.653. The van der Waals surface area contributed by atoms with Crippen LogP contribution in [0.3, 0.4) is 0 Å². The molecule has 0 unspecified atom stereocenters. The van der Waals surface area contributed by atoms with Crippen LogP contribution in [0.2, 0.25) is 0 Å². The standard InChI is InChI=1S/C22H22N6O3/c1-2-27-12-13-28(22(31)21(27)30)14-18(29)23-17-11-7-6-10-16(17)20-24-19(25-26-20)15-8-4-3-5-9-15/h3-11H,2,12-14H2,1H3,(H,23,29)(H,24,25,26). The van der Waals surface area contributed by atoms with Gasteiger partial charge in [-0.2, -0.15) is 5.10 Å². The van der Waals surface area contributed by atoms with Gasteiger partial charge in [0.05, 0.1) is 5.69 Å². The van der Waals surface area contributed by atoms with Crippen LogP contribution in [-0.4, -0.2) is 68.9 Å². The normalized spacial score (nSPS) is 14.1. The van der Waals surface area contributed by atoms with Crippen molar-refractivity contribution in [1.29, 1.82) is 0 Å². The molecule has 158 valence electrons. The Balaban J connectivity index is 1.48. The Bertz CT molecular complexity index is 1110. The minimum Gasteiger partial charge on any atom is -0.333 e. The smallest absolute Gasteiger partial charge is 0.312 e. The lowest BCUT2D eigenvalue weighted by Crippen LogP contribution is -2.55. The number of anilines is 1. The first kappa shape index (κ1) is 20.3. The average Bonchev–Trinajstić information content (AvgIpc) is 3.28. The van der Waals surface area contributed by atoms with Crippen LogP contribution < -0.4 is 5.32 Å². The van der Waals surface area contributed by atoms with Crippen molar-refractivity contribution in [2.24, 2.45) is 0 Å². The van der Waals surface area contributed by atoms with Gasteiger partial charge < -0.3 is 15.1 Å². The molecule has 0 radical (unpaired) electrons. The van der Waals surface area contributed by atoms with Gasteiger partial charge in [-0.25, -0.2) is 4.98 Å². The third kappa shape index (κ3) is 4.30. The van der Waals surface area contributed by atoms with Crippen molar-refractivity contribution in [3.63, 3.8) is 0 Å². The van der Waals surface area contributed by atoms with Crippen LogP contribution in [0.25, 0.3) is 22.8 Å². The number of piperazine rings is 1. The highest BCUT2D eigenvalue weighted by Crippen LogP contribution is 2.26. The number of hydrogen-bond acceptors (Lipinski definition) is 5. The molecule has 0 saturated carbocycles. The number of para-hydroxylation sites is 1. The molecular formula is C22H22N6O3. The van der Waals surface area contributed by atoms with Crippen molar-refractivity contribution < 1.29 is 14.4 Å². The Morgan fingerprint density at radius 2 is 1.68 bits per heavy atom. The monoisotopic (exact) mass is 418 g/mol. The van der Waals surface area contributed by atoms with Crippen molar-refractivity contribution in [1.82, 2.24) is 25.0 Å². The minimum absolute atomic E-state index is 0.192. The maximum atomic E-state index is 12.6. The van der Waals surface area contributed by atoms with Crippen LogP contribution in [0.5, 0.6) is 0 Å². The SMILES string of the molecule is CCN1CCN(CC(=O)Nc2ccccc2-c2nc(-c3ccccc3)n[nH]2)C(=O)C1=O. The van der Waals surface area contributed by atoms with Gasteiger partial charge in [-0.1, -0.05) is 42.5 Å². The summed E-state index contributed by atoms with van der Waals surface area (Å²) in [5, 5.41) is 10.00. The van der Waals surface area contributed by atoms with Crippen molar-refractivity contribution >= 4 is 23.4 Å². The fourth-order valence-corrected chi connectivity index (χ4v) is 3.43. The number of carbonyl (C=O) groups excluding carboxylic acids is 3. The Kier molecular flexibility index (Phi) is 5.74. The van der Waals surface area contributed by atoms with E-state index >= 15 is 0 Å². The van der Waals surface area contributed by atoms with Crippen molar-refractivity contribution in [2.45, 2.75) is 6.92 Å². The van der Waals surface area contributed by atoms with E-state index in [9.17, 15) is 14.4 Å². The second-order valence-corrected chi connectivity index (χ2v) is 7.08. The number of aromatic nitrogens is 3. The largest absolute Gasteiger partial charge is 0.333 e. The van der Waals surface area contributed by atoms with Gasteiger partial charge in [-0.05, 0) is 19.1 Å². The fourth-order valence-electron chi connectivity index (χ4n) is 3.43. The van der Waals surface area contributed by atoms with Crippen molar-refractivity contribution in [3.05, 3.63) is 54.6 Å². The van der Waals surface area contributed by atoms with Crippen LogP contribution in [0, 0.1) is 0 Å². The van der Waals surface area contributed by atoms with Gasteiger partial charge in [0.1, 0.15) is 6.54 Å². The molecule has 1 saturated heterocycles. The highest BCUT2D eigenvalue weighted by molar-refractivity contribution is 6.35. The van der Waals surface area contributed by atoms with Gasteiger partial charge in [-0.3, -0.25) is 19.5 Å². The summed E-state index contributed by atoms with van der Waals surface area (Å²) in [4.78, 5) is 44.2. The predicted molar refractivity (Wildman–Crippen MR) is 115 cm³/mol. The summed E-state index contributed by atoms with van der Waals surface area (Å²) in [6, 6.07) is 16.8. The molecule has 2 heterocycles. The summed E-state index contributed by atoms with van der Waals surface area (Å²) in [6.45, 7) is 2.85. The first-order valence-corrected chi connectivity index (χ1v) is 10.0. The van der Waals surface area contributed by atoms with E-state index in [1.165, 1.54) is 9.80 Å². The van der Waals surface area contributed by atoms with Gasteiger partial charge in [0.2, 0.25) is 5.91 Å². The van der Waals surface area contributed by atoms with Gasteiger partial charge in [0.15, 0.2) is 11.6 Å². The second kappa shape index (κ2) is 8.78. The van der Waals surface area contributed by atoms with Gasteiger partial charge >= 0.3 is 11.8 Å². The Labute approximate surface area is 179 Å². The summed E-state index contributed by atoms with van der Waals surface area (Å²) in [7, 11) is 0. The Morgan fingerprint density at radius 3 is 2.45 bits per heavy atom. The molecule has 4 rings (SSSR count). The molecular weight excluding hydrogens is 396 g/mol. The third-order valence-electron chi connectivity index (χ3n) is 5.09. The summed E-state index contributed by atoms with van der Waals surface area (Å²) >= 11 is 0. The van der Waals surface area contributed by atoms with Crippen LogP contribution in [-0.2, 0) is 14.4 Å². The molecule has 2 N–H and O–H groups in total. The van der Waals surface area contributed by atoms with E-state index in [4.69, 9.17) is 0 Å². The number of nitrogens with zero attached hydrogens (tertiary/aromatic N) is 4. The molecule has 9 heteroatoms. The highest BCUT2D eigenvalue weighted by Gasteiger charge is 2.32. The zero-order chi connectivity index (χ0) is 21.8. The lowest BCUT2D eigenvalue weighted by atomic mass is 10.1. The number of benzene rings is 2. The molecule has 9 nitrogen and oxygen atoms in total. The Morgan fingerprint density at radius 1 is 1.00 bits per heavy atom. The number of H-pyrrole nitrogens is 1. The number of hydrogen-bond donors (Lipinski definition) is 2. The number of nitrogens with one attached hydrogen (secondary N) is 2. The molecule has 1 fully saturated rings. The lowest BCUT2D eigenvalue weighted by Gasteiger charge is -2.32. The topological polar surface area (TPSA) is 111 Å². The summed E-state index contributed by atoms with van der Waals surface area (Å²) in [5.74, 6) is -0.551. The van der Waals surface area contributed by atoms with E-state index in [1.54, 1.807) is 12.1 Å². The molecule has 2 aromatic carbocycles. The Hall–Kier alpha value is -4.01. The molecule has 1 aromatic heterocycles. The number of rotatable bonds is 6. The van der Waals surface area contributed by atoms with E-state index in [-0.39, 0.29) is 12.5 Å². The first-order valence-electron chi connectivity index (χ1n) is 10.0. The molecule has 1 aliphatic rings. The molecule has 1 aliphatic heterocycles. The third-order valence-corrected chi connectivity index (χ3v) is 5.09. The van der Waals surface area contributed by atoms with E-state index in [1.807, 2.05) is 49.4 Å². The summed E-state index contributed by atoms with van der Waals surface area (Å²) in [6.07, 6.45) is 0. The lowest BCUT2D eigenvalue weighted by molar-refractivity contribution is -0.156. The van der Waals surface area contributed by atoms with Gasteiger partial charge in [0.25, 0.3) is 0 Å². The number of likely N-dealkylation sites (N-methyl/N-ethyl adjacent to an activating group) is 1. The maximum Gasteiger partial charge on any atom is 0.312 e. The zero-order valence-electron chi connectivity index (χ0n) is 17.0. The number of aromatic amines is 1. The molecule has 0 aliphatic carbocycles. The van der Waals surface area contributed by atoms with Gasteiger partial charge in [0, 0.05) is 30.8 Å². The highest BCUT2D eigenvalue weighted by atomic mass is 16.2. The zero-order valence-corrected chi connectivity index (χ0v) is 17.0. The van der Waals surface area contributed by atoms with Crippen LogP contribution in [0.15, 0.2) is 54.6 Å². The van der Waals surface area contributed by atoms with E-state index in [0.29, 0.717) is 42.5 Å². The molecule has 0 bridgehead atoms. The first-order chi connectivity index (χ1) is 15.1. The quantitative estimate of drug-likeness (QED) is 0.593. The maximum absolute atomic E-state index is 12.6. The average molecular weight is 418 g/mol. The van der Waals surface area contributed by atoms with Crippen LogP contribution >= 0.6 is 0 Å². The fraction of sp³-hybridized carbons (Fsp3) is 0.227. The number of carbonyl (C=O) groups is 3. The molecule has 0 spiro atoms. The van der Waals surface area contributed by atoms with Crippen LogP contribution in [0.1, 0.15) is 6.92 Å². The second-order valence-electron chi connectivity index (χ2n) is 7.08. The molecule has 31 heavy (non-hydrogen) atoms. The van der Waals surface area contributed by atoms with E-state index in [2.05, 4.69) is 20.5 Å². The van der Waals surface area contributed by atoms with E-state index < -0.39 is 11.8 Å². The predicted octanol–water partition coefficient (Wildman–Crippen LogP) is 1.77. The van der Waals surface area contributed by atoms with Gasteiger partial charge in [-0.15, -0.1) is 0 Å². The summed E-state index contributed by atoms with van der Waals surface area (Å²) < 4.78 is 0. The van der Waals surface area contributed by atoms with E-state index in [0.717, 1.165) is 5.56 Å². The van der Waals surface area contributed by atoms with Crippen LogP contribution in [0.4, 0.5) is 5.69 Å². The molecule has 3 amide bonds. The molecule has 0 atom stereocenters.